The number of hydrogen-bond donors (Lipinski definition) is 1. The molecule has 11 heteroatoms. The van der Waals surface area contributed by atoms with Crippen molar-refractivity contribution in [2.45, 2.75) is 27.7 Å². The quantitative estimate of drug-likeness (QED) is 0.0846. The Morgan fingerprint density at radius 3 is 1.61 bits per heavy atom. The van der Waals surface area contributed by atoms with Gasteiger partial charge in [0.1, 0.15) is 12.4 Å². The Hall–Kier alpha value is -2.25. The molecule has 0 bridgehead atoms. The fourth-order valence-electron chi connectivity index (χ4n) is 3.79. The fourth-order valence-corrected chi connectivity index (χ4v) is 5.19. The molecule has 1 heterocycles. The van der Waals surface area contributed by atoms with Crippen LogP contribution in [0.15, 0.2) is 91.3 Å². The molecule has 49 heavy (non-hydrogen) atoms. The number of aldehydes is 1. The molecule has 0 amide bonds. The second kappa shape index (κ2) is 25.7. The molecule has 4 nitrogen and oxygen atoms in total. The molecular weight excluding hydrogens is 961 g/mol. The minimum absolute atomic E-state index is 0. The number of hydrogen-bond acceptors (Lipinski definition) is 3. The Morgan fingerprint density at radius 2 is 1.14 bits per heavy atom. The Bertz CT molecular complexity index is 1910. The van der Waals surface area contributed by atoms with Gasteiger partial charge in [-0.3, -0.25) is 9.73 Å². The van der Waals surface area contributed by atoms with E-state index in [0.29, 0.717) is 26.2 Å². The van der Waals surface area contributed by atoms with Crippen molar-refractivity contribution in [3.8, 4) is 23.3 Å². The summed E-state index contributed by atoms with van der Waals surface area (Å²) in [5, 5.41) is 20.0. The van der Waals surface area contributed by atoms with Gasteiger partial charge in [-0.1, -0.05) is 70.7 Å². The Kier molecular flexibility index (Phi) is 24.5. The van der Waals surface area contributed by atoms with E-state index in [1.165, 1.54) is 15.2 Å². The van der Waals surface area contributed by atoms with E-state index in [1.54, 1.807) is 24.4 Å². The Morgan fingerprint density at radius 1 is 0.673 bits per heavy atom. The van der Waals surface area contributed by atoms with Crippen LogP contribution < -0.4 is 0 Å². The third-order valence-corrected chi connectivity index (χ3v) is 8.54. The summed E-state index contributed by atoms with van der Waals surface area (Å²) in [6.45, 7) is 7.92. The van der Waals surface area contributed by atoms with Gasteiger partial charge in [-0.15, -0.1) is 0 Å². The van der Waals surface area contributed by atoms with Crippen molar-refractivity contribution in [1.82, 2.24) is 4.98 Å². The molecule has 0 saturated carbocycles. The van der Waals surface area contributed by atoms with Crippen molar-refractivity contribution in [3.05, 3.63) is 159 Å². The number of nitrogens with one attached hydrogen (secondary N) is 1. The first-order chi connectivity index (χ1) is 22.9. The molecule has 5 aromatic rings. The number of aromatic amines is 1. The summed E-state index contributed by atoms with van der Waals surface area (Å²) in [7, 11) is 0. The number of allylic oxidation sites excluding steroid dienone is 1. The molecule has 1 aromatic heterocycles. The predicted molar refractivity (Wildman–Crippen MR) is 221 cm³/mol. The molecular formula is C38H32Cl4I2N3OV-. The SMILES string of the molecule is Cc1ccc(Cl)cc1-c1c[nH]cc1C#N.Cc1ccc(Cl)cc1/C=C/C#N.Cc1ccc(Cl)cc1C=O.Cc1ccc(Cl)cc1I.[CH2-]I.[V]. The van der Waals surface area contributed by atoms with Crippen molar-refractivity contribution in [1.29, 1.82) is 10.5 Å². The average Bonchev–Trinajstić information content (AvgIpc) is 3.56. The molecule has 1 radical (unpaired) electrons. The van der Waals surface area contributed by atoms with Crippen LogP contribution in [0.1, 0.15) is 43.7 Å². The van der Waals surface area contributed by atoms with Crippen LogP contribution in [-0.2, 0) is 18.6 Å². The largest absolute Gasteiger partial charge is 0.366 e. The van der Waals surface area contributed by atoms with Gasteiger partial charge in [0, 0.05) is 71.8 Å². The van der Waals surface area contributed by atoms with Crippen molar-refractivity contribution in [2.24, 2.45) is 0 Å². The summed E-state index contributed by atoms with van der Waals surface area (Å²) in [6.07, 6.45) is 7.51. The zero-order valence-corrected chi connectivity index (χ0v) is 35.8. The van der Waals surface area contributed by atoms with E-state index in [9.17, 15) is 4.79 Å². The van der Waals surface area contributed by atoms with Gasteiger partial charge in [-0.05, 0) is 138 Å². The van der Waals surface area contributed by atoms with E-state index in [4.69, 9.17) is 56.9 Å². The molecule has 1 N–H and O–H groups in total. The van der Waals surface area contributed by atoms with Gasteiger partial charge in [0.05, 0.1) is 11.6 Å². The topological polar surface area (TPSA) is 80.4 Å². The monoisotopic (exact) mass is 991 g/mol. The summed E-state index contributed by atoms with van der Waals surface area (Å²) < 4.78 is 1.22. The standard InChI is InChI=1S/C12H9ClN2.C10H8ClN.C8H7ClO.C7H6ClI.CH2I.V/c1-8-2-3-10(13)4-11(8)12-7-15-6-9(12)5-14;1-8-4-5-10(11)7-9(8)3-2-6-12;1-6-2-3-8(9)4-7(6)5-10;1-5-2-3-6(8)4-7(5)9;1-2;/h2-4,6-7,15H,1H3;2-5,7H,1H3;2-5H,1H3;2-4H,1H3;1H2;/q;;;;-1;/b;3-2+;;;;. The number of carbonyl (C=O) groups is 1. The minimum Gasteiger partial charge on any atom is -0.366 e. The first-order valence-corrected chi connectivity index (χ1v) is 18.1. The number of carbonyl (C=O) groups excluding carboxylic acids is 1. The van der Waals surface area contributed by atoms with Crippen molar-refractivity contribution >= 4 is 104 Å². The molecule has 0 spiro atoms. The van der Waals surface area contributed by atoms with E-state index in [2.05, 4.69) is 45.5 Å². The first kappa shape index (κ1) is 46.8. The summed E-state index contributed by atoms with van der Waals surface area (Å²) in [4.78, 5) is 16.5. The smallest absolute Gasteiger partial charge is 0.150 e. The molecule has 0 unspecified atom stereocenters. The number of nitrogens with zero attached hydrogens (tertiary/aromatic N) is 2. The van der Waals surface area contributed by atoms with E-state index in [1.807, 2.05) is 116 Å². The zero-order chi connectivity index (χ0) is 36.2. The van der Waals surface area contributed by atoms with E-state index < -0.39 is 0 Å². The van der Waals surface area contributed by atoms with Crippen molar-refractivity contribution in [3.63, 3.8) is 0 Å². The van der Waals surface area contributed by atoms with E-state index in [-0.39, 0.29) is 18.6 Å². The molecule has 253 valence electrons. The number of aryl methyl sites for hydroxylation is 4. The van der Waals surface area contributed by atoms with Crippen LogP contribution in [0, 0.1) is 58.9 Å². The number of aromatic nitrogens is 1. The van der Waals surface area contributed by atoms with Gasteiger partial charge < -0.3 is 27.6 Å². The van der Waals surface area contributed by atoms with Gasteiger partial charge in [-0.25, -0.2) is 0 Å². The molecule has 0 saturated heterocycles. The van der Waals surface area contributed by atoms with Crippen LogP contribution in [0.3, 0.4) is 0 Å². The maximum Gasteiger partial charge on any atom is 0.150 e. The number of benzene rings is 4. The second-order valence-corrected chi connectivity index (χ2v) is 12.7. The average molecular weight is 993 g/mol. The second-order valence-electron chi connectivity index (χ2n) is 9.83. The van der Waals surface area contributed by atoms with Crippen LogP contribution >= 0.6 is 91.6 Å². The molecule has 0 aliphatic carbocycles. The third kappa shape index (κ3) is 17.0. The van der Waals surface area contributed by atoms with E-state index in [0.717, 1.165) is 44.7 Å². The summed E-state index contributed by atoms with van der Waals surface area (Å²) in [5.74, 6) is 0. The van der Waals surface area contributed by atoms with Gasteiger partial charge in [0.2, 0.25) is 0 Å². The van der Waals surface area contributed by atoms with Crippen LogP contribution in [0.5, 0.6) is 0 Å². The predicted octanol–water partition coefficient (Wildman–Crippen LogP) is 13.6. The number of rotatable bonds is 3. The molecule has 4 aromatic carbocycles. The Labute approximate surface area is 349 Å². The zero-order valence-electron chi connectivity index (χ0n) is 27.0. The van der Waals surface area contributed by atoms with Gasteiger partial charge in [-0.2, -0.15) is 10.5 Å². The van der Waals surface area contributed by atoms with Crippen LogP contribution in [0.25, 0.3) is 17.2 Å². The number of H-pyrrole nitrogens is 1. The number of nitriles is 2. The summed E-state index contributed by atoms with van der Waals surface area (Å²) >= 11 is 27.2. The van der Waals surface area contributed by atoms with Crippen molar-refractivity contribution < 1.29 is 23.4 Å². The van der Waals surface area contributed by atoms with Crippen molar-refractivity contribution in [2.75, 3.05) is 0 Å². The summed E-state index contributed by atoms with van der Waals surface area (Å²) in [6, 6.07) is 26.5. The molecule has 0 aliphatic heterocycles. The molecule has 0 aliphatic rings. The number of halogens is 6. The van der Waals surface area contributed by atoms with Crippen LogP contribution in [-0.4, -0.2) is 11.3 Å². The van der Waals surface area contributed by atoms with Gasteiger partial charge >= 0.3 is 0 Å². The Balaban J connectivity index is 0.000000623. The summed E-state index contributed by atoms with van der Waals surface area (Å²) in [5.41, 5.74) is 8.65. The maximum atomic E-state index is 10.3. The molecule has 0 fully saturated rings. The van der Waals surface area contributed by atoms with Crippen LogP contribution in [0.4, 0.5) is 0 Å². The normalized spacial score (nSPS) is 9.33. The van der Waals surface area contributed by atoms with Gasteiger partial charge in [0.25, 0.3) is 0 Å². The minimum atomic E-state index is 0. The van der Waals surface area contributed by atoms with Crippen LogP contribution in [0.2, 0.25) is 20.1 Å². The van der Waals surface area contributed by atoms with Gasteiger partial charge in [0.15, 0.2) is 0 Å². The first-order valence-electron chi connectivity index (χ1n) is 14.0. The third-order valence-electron chi connectivity index (χ3n) is 6.44. The molecule has 5 rings (SSSR count). The maximum absolute atomic E-state index is 10.3. The van der Waals surface area contributed by atoms with E-state index >= 15 is 0 Å². The molecule has 0 atom stereocenters. The fraction of sp³-hybridized carbons (Fsp3) is 0.105.